The van der Waals surface area contributed by atoms with E-state index in [0.717, 1.165) is 38.0 Å². The van der Waals surface area contributed by atoms with Gasteiger partial charge in [0.05, 0.1) is 0 Å². The third kappa shape index (κ3) is 2.42. The second-order valence-electron chi connectivity index (χ2n) is 4.37. The quantitative estimate of drug-likeness (QED) is 0.832. The summed E-state index contributed by atoms with van der Waals surface area (Å²) in [7, 11) is 0. The van der Waals surface area contributed by atoms with Gasteiger partial charge in [-0.1, -0.05) is 18.2 Å². The van der Waals surface area contributed by atoms with Crippen molar-refractivity contribution in [1.82, 2.24) is 4.90 Å². The maximum Gasteiger partial charge on any atom is 0.253 e. The molecule has 0 radical (unpaired) electrons. The van der Waals surface area contributed by atoms with E-state index in [0.29, 0.717) is 5.92 Å². The molecule has 16 heavy (non-hydrogen) atoms. The largest absolute Gasteiger partial charge is 0.338 e. The smallest absolute Gasteiger partial charge is 0.253 e. The Kier molecular flexibility index (Phi) is 3.57. The van der Waals surface area contributed by atoms with E-state index in [9.17, 15) is 4.79 Å². The van der Waals surface area contributed by atoms with Gasteiger partial charge in [0.15, 0.2) is 0 Å². The van der Waals surface area contributed by atoms with Crippen LogP contribution >= 0.6 is 0 Å². The van der Waals surface area contributed by atoms with Crippen LogP contribution < -0.4 is 5.73 Å². The zero-order valence-corrected chi connectivity index (χ0v) is 9.43. The topological polar surface area (TPSA) is 46.3 Å². The van der Waals surface area contributed by atoms with Crippen molar-refractivity contribution in [3.8, 4) is 0 Å². The lowest BCUT2D eigenvalue weighted by Crippen LogP contribution is -2.50. The lowest BCUT2D eigenvalue weighted by Gasteiger charge is -2.39. The molecule has 0 unspecified atom stereocenters. The van der Waals surface area contributed by atoms with Gasteiger partial charge in [-0.2, -0.15) is 0 Å². The number of carbonyl (C=O) groups is 1. The fourth-order valence-corrected chi connectivity index (χ4v) is 2.09. The molecule has 0 aliphatic carbocycles. The Labute approximate surface area is 96.2 Å². The number of nitrogens with zero attached hydrogens (tertiary/aromatic N) is 1. The number of hydrogen-bond donors (Lipinski definition) is 1. The molecule has 1 heterocycles. The number of nitrogens with two attached hydrogens (primary N) is 1. The van der Waals surface area contributed by atoms with Crippen LogP contribution in [0, 0.1) is 5.92 Å². The third-order valence-corrected chi connectivity index (χ3v) is 3.08. The molecular formula is C13H18N2O. The molecule has 86 valence electrons. The van der Waals surface area contributed by atoms with Crippen LogP contribution in [0.3, 0.4) is 0 Å². The highest BCUT2D eigenvalue weighted by Gasteiger charge is 2.30. The first-order chi connectivity index (χ1) is 7.81. The van der Waals surface area contributed by atoms with Gasteiger partial charge < -0.3 is 10.6 Å². The van der Waals surface area contributed by atoms with Crippen LogP contribution in [-0.2, 0) is 0 Å². The molecular weight excluding hydrogens is 200 g/mol. The standard InChI is InChI=1S/C13H18N2O/c14-8-4-5-11-9-15(10-11)13(16)12-6-2-1-3-7-12/h1-3,6-7,11H,4-5,8-10,14H2. The highest BCUT2D eigenvalue weighted by molar-refractivity contribution is 5.94. The fourth-order valence-electron chi connectivity index (χ4n) is 2.09. The summed E-state index contributed by atoms with van der Waals surface area (Å²) in [4.78, 5) is 13.9. The summed E-state index contributed by atoms with van der Waals surface area (Å²) in [5.74, 6) is 0.820. The summed E-state index contributed by atoms with van der Waals surface area (Å²) >= 11 is 0. The number of benzene rings is 1. The van der Waals surface area contributed by atoms with Crippen LogP contribution in [0.2, 0.25) is 0 Å². The van der Waals surface area contributed by atoms with E-state index in [1.165, 1.54) is 0 Å². The van der Waals surface area contributed by atoms with Crippen molar-refractivity contribution in [3.63, 3.8) is 0 Å². The zero-order chi connectivity index (χ0) is 11.4. The van der Waals surface area contributed by atoms with E-state index in [-0.39, 0.29) is 5.91 Å². The Bertz CT molecular complexity index is 344. The van der Waals surface area contributed by atoms with Gasteiger partial charge in [-0.05, 0) is 37.4 Å². The predicted molar refractivity (Wildman–Crippen MR) is 64.1 cm³/mol. The molecule has 0 atom stereocenters. The number of amides is 1. The Hall–Kier alpha value is -1.35. The van der Waals surface area contributed by atoms with Gasteiger partial charge in [-0.3, -0.25) is 4.79 Å². The lowest BCUT2D eigenvalue weighted by molar-refractivity contribution is 0.0483. The van der Waals surface area contributed by atoms with Crippen LogP contribution in [-0.4, -0.2) is 30.4 Å². The Morgan fingerprint density at radius 3 is 2.62 bits per heavy atom. The summed E-state index contributed by atoms with van der Waals surface area (Å²) in [6.07, 6.45) is 2.22. The van der Waals surface area contributed by atoms with Gasteiger partial charge in [0, 0.05) is 18.7 Å². The molecule has 1 amide bonds. The van der Waals surface area contributed by atoms with Gasteiger partial charge in [0.1, 0.15) is 0 Å². The number of rotatable bonds is 4. The predicted octanol–water partition coefficient (Wildman–Crippen LogP) is 1.50. The maximum absolute atomic E-state index is 11.9. The van der Waals surface area contributed by atoms with Crippen molar-refractivity contribution < 1.29 is 4.79 Å². The molecule has 3 heteroatoms. The molecule has 1 aliphatic heterocycles. The molecule has 2 N–H and O–H groups in total. The van der Waals surface area contributed by atoms with Crippen molar-refractivity contribution in [3.05, 3.63) is 35.9 Å². The van der Waals surface area contributed by atoms with Crippen molar-refractivity contribution in [2.45, 2.75) is 12.8 Å². The first-order valence-electron chi connectivity index (χ1n) is 5.85. The molecule has 1 aromatic rings. The lowest BCUT2D eigenvalue weighted by atomic mass is 9.94. The summed E-state index contributed by atoms with van der Waals surface area (Å²) in [5.41, 5.74) is 6.25. The Morgan fingerprint density at radius 2 is 2.00 bits per heavy atom. The van der Waals surface area contributed by atoms with Gasteiger partial charge in [0.25, 0.3) is 5.91 Å². The first-order valence-corrected chi connectivity index (χ1v) is 5.85. The van der Waals surface area contributed by atoms with Crippen molar-refractivity contribution in [1.29, 1.82) is 0 Å². The average molecular weight is 218 g/mol. The van der Waals surface area contributed by atoms with Crippen LogP contribution in [0.4, 0.5) is 0 Å². The number of carbonyl (C=O) groups excluding carboxylic acids is 1. The van der Waals surface area contributed by atoms with E-state index in [4.69, 9.17) is 5.73 Å². The third-order valence-electron chi connectivity index (χ3n) is 3.08. The Balaban J connectivity index is 1.82. The highest BCUT2D eigenvalue weighted by Crippen LogP contribution is 2.22. The second kappa shape index (κ2) is 5.12. The zero-order valence-electron chi connectivity index (χ0n) is 9.43. The monoisotopic (exact) mass is 218 g/mol. The fraction of sp³-hybridized carbons (Fsp3) is 0.462. The van der Waals surface area contributed by atoms with E-state index in [2.05, 4.69) is 0 Å². The average Bonchev–Trinajstić information content (AvgIpc) is 2.28. The Morgan fingerprint density at radius 1 is 1.31 bits per heavy atom. The molecule has 1 saturated heterocycles. The van der Waals surface area contributed by atoms with Gasteiger partial charge in [0.2, 0.25) is 0 Å². The minimum absolute atomic E-state index is 0.157. The van der Waals surface area contributed by atoms with Gasteiger partial charge in [-0.25, -0.2) is 0 Å². The summed E-state index contributed by atoms with van der Waals surface area (Å²) in [6.45, 7) is 2.55. The minimum Gasteiger partial charge on any atom is -0.338 e. The maximum atomic E-state index is 11.9. The van der Waals surface area contributed by atoms with Gasteiger partial charge in [-0.15, -0.1) is 0 Å². The highest BCUT2D eigenvalue weighted by atomic mass is 16.2. The van der Waals surface area contributed by atoms with E-state index < -0.39 is 0 Å². The van der Waals surface area contributed by atoms with Crippen molar-refractivity contribution in [2.24, 2.45) is 11.7 Å². The van der Waals surface area contributed by atoms with Crippen LogP contribution in [0.15, 0.2) is 30.3 Å². The molecule has 1 aromatic carbocycles. The van der Waals surface area contributed by atoms with Crippen molar-refractivity contribution in [2.75, 3.05) is 19.6 Å². The summed E-state index contributed by atoms with van der Waals surface area (Å²) in [6, 6.07) is 9.47. The SMILES string of the molecule is NCCCC1CN(C(=O)c2ccccc2)C1. The second-order valence-corrected chi connectivity index (χ2v) is 4.37. The van der Waals surface area contributed by atoms with E-state index >= 15 is 0 Å². The summed E-state index contributed by atoms with van der Waals surface area (Å²) < 4.78 is 0. The number of hydrogen-bond acceptors (Lipinski definition) is 2. The van der Waals surface area contributed by atoms with Gasteiger partial charge >= 0.3 is 0 Å². The molecule has 3 nitrogen and oxygen atoms in total. The van der Waals surface area contributed by atoms with E-state index in [1.54, 1.807) is 0 Å². The summed E-state index contributed by atoms with van der Waals surface area (Å²) in [5, 5.41) is 0. The molecule has 0 bridgehead atoms. The molecule has 0 aromatic heterocycles. The molecule has 1 aliphatic rings. The van der Waals surface area contributed by atoms with Crippen molar-refractivity contribution >= 4 is 5.91 Å². The molecule has 0 saturated carbocycles. The first kappa shape index (κ1) is 11.1. The minimum atomic E-state index is 0.157. The van der Waals surface area contributed by atoms with Crippen LogP contribution in [0.5, 0.6) is 0 Å². The molecule has 0 spiro atoms. The molecule has 1 fully saturated rings. The number of likely N-dealkylation sites (tertiary alicyclic amines) is 1. The molecule has 2 rings (SSSR count). The van der Waals surface area contributed by atoms with Crippen LogP contribution in [0.1, 0.15) is 23.2 Å². The van der Waals surface area contributed by atoms with E-state index in [1.807, 2.05) is 35.2 Å². The van der Waals surface area contributed by atoms with Crippen LogP contribution in [0.25, 0.3) is 0 Å². The normalized spacial score (nSPS) is 15.9.